The highest BCUT2D eigenvalue weighted by molar-refractivity contribution is 5.82. The van der Waals surface area contributed by atoms with Crippen LogP contribution in [0.5, 0.6) is 0 Å². The Balaban J connectivity index is 2.13. The second-order valence-corrected chi connectivity index (χ2v) is 5.10. The minimum Gasteiger partial charge on any atom is -0.394 e. The number of nitrogens with two attached hydrogens (primary N) is 2. The number of nitrogen functional groups attached to an aromatic ring is 2. The van der Waals surface area contributed by atoms with Crippen LogP contribution in [0.1, 0.15) is 13.2 Å². The van der Waals surface area contributed by atoms with Gasteiger partial charge < -0.3 is 26.4 Å². The smallest absolute Gasteiger partial charge is 0.224 e. The second kappa shape index (κ2) is 4.48. The number of aliphatic hydroxyl groups is 2. The molecule has 3 rings (SSSR count). The van der Waals surface area contributed by atoms with Crippen molar-refractivity contribution in [2.75, 3.05) is 18.1 Å². The van der Waals surface area contributed by atoms with Gasteiger partial charge in [0, 0.05) is 0 Å². The Bertz CT molecular complexity index is 690. The zero-order chi connectivity index (χ0) is 15.4. The average Bonchev–Trinajstić information content (AvgIpc) is 2.91. The van der Waals surface area contributed by atoms with Crippen molar-refractivity contribution >= 4 is 22.9 Å². The topological polar surface area (TPSA) is 145 Å². The Hall–Kier alpha value is -2.04. The average molecular weight is 298 g/mol. The van der Waals surface area contributed by atoms with E-state index >= 15 is 0 Å². The van der Waals surface area contributed by atoms with E-state index in [0.29, 0.717) is 0 Å². The van der Waals surface area contributed by atoms with E-state index in [2.05, 4.69) is 15.0 Å². The van der Waals surface area contributed by atoms with Crippen LogP contribution >= 0.6 is 0 Å². The lowest BCUT2D eigenvalue weighted by Crippen LogP contribution is -2.40. The van der Waals surface area contributed by atoms with Crippen LogP contribution in [0, 0.1) is 0 Å². The van der Waals surface area contributed by atoms with Gasteiger partial charge in [-0.1, -0.05) is 0 Å². The predicted octanol–water partition coefficient (Wildman–Crippen LogP) is -1.03. The summed E-state index contributed by atoms with van der Waals surface area (Å²) in [5.41, 5.74) is 9.52. The third-order valence-electron chi connectivity index (χ3n) is 3.62. The van der Waals surface area contributed by atoms with E-state index in [1.54, 1.807) is 0 Å². The molecule has 0 radical (unpaired) electrons. The standard InChI is InChI=1S/C11H15FN6O3/c1-11(12)6(20)4(2-19)21-9(11)18-3-15-5-7(13)16-10(14)17-8(5)18/h3-4,6,9,19-20H,2H2,1H3,(H4,13,14,16,17)/t4-,6-,9-,11?/m1/s1. The number of alkyl halides is 1. The van der Waals surface area contributed by atoms with E-state index in [0.717, 1.165) is 0 Å². The number of fused-ring (bicyclic) bond motifs is 1. The van der Waals surface area contributed by atoms with Crippen LogP contribution in [0.3, 0.4) is 0 Å². The molecule has 0 spiro atoms. The fourth-order valence-electron chi connectivity index (χ4n) is 2.49. The molecule has 0 bridgehead atoms. The van der Waals surface area contributed by atoms with Gasteiger partial charge in [-0.25, -0.2) is 9.37 Å². The Labute approximate surface area is 118 Å². The summed E-state index contributed by atoms with van der Waals surface area (Å²) in [5.74, 6) is -0.0198. The van der Waals surface area contributed by atoms with E-state index in [1.807, 2.05) is 0 Å². The van der Waals surface area contributed by atoms with Crippen LogP contribution in [-0.4, -0.2) is 54.2 Å². The largest absolute Gasteiger partial charge is 0.394 e. The quantitative estimate of drug-likeness (QED) is 0.550. The molecule has 0 aliphatic carbocycles. The molecule has 1 aliphatic heterocycles. The molecule has 6 N–H and O–H groups in total. The van der Waals surface area contributed by atoms with Crippen molar-refractivity contribution in [2.24, 2.45) is 0 Å². The van der Waals surface area contributed by atoms with Crippen LogP contribution in [0.15, 0.2) is 6.33 Å². The van der Waals surface area contributed by atoms with Gasteiger partial charge in [0.1, 0.15) is 17.7 Å². The molecule has 10 heteroatoms. The minimum atomic E-state index is -2.14. The molecule has 1 fully saturated rings. The van der Waals surface area contributed by atoms with Crippen molar-refractivity contribution in [3.05, 3.63) is 6.33 Å². The molecular weight excluding hydrogens is 283 g/mol. The number of hydrogen-bond acceptors (Lipinski definition) is 8. The van der Waals surface area contributed by atoms with E-state index < -0.39 is 30.7 Å². The molecule has 0 amide bonds. The van der Waals surface area contributed by atoms with Crippen LogP contribution in [0.2, 0.25) is 0 Å². The maximum Gasteiger partial charge on any atom is 0.224 e. The lowest BCUT2D eigenvalue weighted by Gasteiger charge is -2.24. The number of rotatable bonds is 2. The van der Waals surface area contributed by atoms with Crippen LogP contribution < -0.4 is 11.5 Å². The van der Waals surface area contributed by atoms with E-state index in [9.17, 15) is 9.50 Å². The van der Waals surface area contributed by atoms with Gasteiger partial charge in [0.15, 0.2) is 23.4 Å². The molecule has 1 unspecified atom stereocenters. The van der Waals surface area contributed by atoms with Gasteiger partial charge in [0.05, 0.1) is 12.9 Å². The second-order valence-electron chi connectivity index (χ2n) is 5.10. The maximum absolute atomic E-state index is 14.8. The van der Waals surface area contributed by atoms with Crippen molar-refractivity contribution in [1.82, 2.24) is 19.5 Å². The molecule has 114 valence electrons. The first-order valence-electron chi connectivity index (χ1n) is 6.25. The molecule has 0 aromatic carbocycles. The van der Waals surface area contributed by atoms with Crippen LogP contribution in [-0.2, 0) is 4.74 Å². The SMILES string of the molecule is CC1(F)[C@H](O)[C@@H](CO)O[C@H]1n1cnc2c(N)nc(N)nc21. The fraction of sp³-hybridized carbons (Fsp3) is 0.545. The van der Waals surface area contributed by atoms with E-state index in [-0.39, 0.29) is 22.9 Å². The number of hydrogen-bond donors (Lipinski definition) is 4. The molecule has 0 saturated carbocycles. The van der Waals surface area contributed by atoms with Gasteiger partial charge in [-0.3, -0.25) is 4.57 Å². The molecule has 9 nitrogen and oxygen atoms in total. The summed E-state index contributed by atoms with van der Waals surface area (Å²) in [6.07, 6.45) is -2.46. The number of halogens is 1. The van der Waals surface area contributed by atoms with Crippen molar-refractivity contribution in [2.45, 2.75) is 31.0 Å². The summed E-state index contributed by atoms with van der Waals surface area (Å²) in [6, 6.07) is 0. The summed E-state index contributed by atoms with van der Waals surface area (Å²) in [6.45, 7) is 0.667. The van der Waals surface area contributed by atoms with E-state index in [4.69, 9.17) is 21.3 Å². The molecular formula is C11H15FN6O3. The first kappa shape index (κ1) is 13.9. The highest BCUT2D eigenvalue weighted by Crippen LogP contribution is 2.42. The highest BCUT2D eigenvalue weighted by atomic mass is 19.1. The molecule has 2 aromatic rings. The molecule has 4 atom stereocenters. The van der Waals surface area contributed by atoms with Crippen molar-refractivity contribution in [1.29, 1.82) is 0 Å². The summed E-state index contributed by atoms with van der Waals surface area (Å²) < 4.78 is 21.4. The molecule has 3 heterocycles. The fourth-order valence-corrected chi connectivity index (χ4v) is 2.49. The van der Waals surface area contributed by atoms with Gasteiger partial charge in [0.25, 0.3) is 0 Å². The summed E-state index contributed by atoms with van der Waals surface area (Å²) in [7, 11) is 0. The third-order valence-corrected chi connectivity index (χ3v) is 3.62. The lowest BCUT2D eigenvalue weighted by atomic mass is 9.98. The maximum atomic E-state index is 14.8. The molecule has 2 aromatic heterocycles. The summed E-state index contributed by atoms with van der Waals surface area (Å²) in [4.78, 5) is 11.8. The number of anilines is 2. The predicted molar refractivity (Wildman–Crippen MR) is 70.7 cm³/mol. The third kappa shape index (κ3) is 1.91. The number of ether oxygens (including phenoxy) is 1. The first-order chi connectivity index (χ1) is 9.86. The van der Waals surface area contributed by atoms with Gasteiger partial charge >= 0.3 is 0 Å². The summed E-state index contributed by atoms with van der Waals surface area (Å²) >= 11 is 0. The molecule has 21 heavy (non-hydrogen) atoms. The van der Waals surface area contributed by atoms with Gasteiger partial charge in [0.2, 0.25) is 5.95 Å². The van der Waals surface area contributed by atoms with Crippen LogP contribution in [0.4, 0.5) is 16.2 Å². The number of aromatic nitrogens is 4. The lowest BCUT2D eigenvalue weighted by molar-refractivity contribution is -0.0566. The number of imidazole rings is 1. The van der Waals surface area contributed by atoms with Crippen molar-refractivity contribution < 1.29 is 19.3 Å². The first-order valence-corrected chi connectivity index (χ1v) is 6.25. The molecule has 1 aliphatic rings. The van der Waals surface area contributed by atoms with Gasteiger partial charge in [-0.15, -0.1) is 0 Å². The van der Waals surface area contributed by atoms with E-state index in [1.165, 1.54) is 17.8 Å². The number of aliphatic hydroxyl groups excluding tert-OH is 2. The zero-order valence-electron chi connectivity index (χ0n) is 11.1. The van der Waals surface area contributed by atoms with Crippen molar-refractivity contribution in [3.8, 4) is 0 Å². The highest BCUT2D eigenvalue weighted by Gasteiger charge is 2.55. The van der Waals surface area contributed by atoms with Gasteiger partial charge in [-0.05, 0) is 6.92 Å². The van der Waals surface area contributed by atoms with Crippen LogP contribution in [0.25, 0.3) is 11.2 Å². The monoisotopic (exact) mass is 298 g/mol. The Morgan fingerprint density at radius 1 is 1.48 bits per heavy atom. The normalized spacial score (nSPS) is 32.9. The van der Waals surface area contributed by atoms with Gasteiger partial charge in [-0.2, -0.15) is 9.97 Å². The Morgan fingerprint density at radius 3 is 2.81 bits per heavy atom. The number of nitrogens with zero attached hydrogens (tertiary/aromatic N) is 4. The summed E-state index contributed by atoms with van der Waals surface area (Å²) in [5, 5.41) is 19.0. The Morgan fingerprint density at radius 2 is 2.19 bits per heavy atom. The molecule has 1 saturated heterocycles. The Kier molecular flexibility index (Phi) is 2.97. The minimum absolute atomic E-state index is 0.0639. The zero-order valence-corrected chi connectivity index (χ0v) is 11.1. The van der Waals surface area contributed by atoms with Crippen molar-refractivity contribution in [3.63, 3.8) is 0 Å².